The Labute approximate surface area is 128 Å². The van der Waals surface area contributed by atoms with E-state index in [1.807, 2.05) is 6.92 Å². The smallest absolute Gasteiger partial charge is 0.263 e. The normalized spacial score (nSPS) is 11.4. The van der Waals surface area contributed by atoms with Crippen molar-refractivity contribution in [2.45, 2.75) is 18.7 Å². The second-order valence-electron chi connectivity index (χ2n) is 4.50. The predicted octanol–water partition coefficient (Wildman–Crippen LogP) is 4.41. The molecule has 0 atom stereocenters. The van der Waals surface area contributed by atoms with E-state index in [0.717, 1.165) is 11.1 Å². The summed E-state index contributed by atoms with van der Waals surface area (Å²) in [5, 5.41) is 0.753. The number of nitrogens with one attached hydrogen (secondary N) is 1. The Hall–Kier alpha value is -1.23. The Morgan fingerprint density at radius 2 is 1.70 bits per heavy atom. The van der Waals surface area contributed by atoms with Gasteiger partial charge in [-0.1, -0.05) is 29.3 Å². The molecule has 0 unspecified atom stereocenters. The molecular formula is C14H13Cl2NO2S. The van der Waals surface area contributed by atoms with Crippen LogP contribution in [0.4, 0.5) is 5.69 Å². The van der Waals surface area contributed by atoms with Crippen LogP contribution in [-0.2, 0) is 10.0 Å². The number of hydrogen-bond acceptors (Lipinski definition) is 2. The number of aryl methyl sites for hydroxylation is 2. The zero-order chi connectivity index (χ0) is 14.9. The number of benzene rings is 2. The lowest BCUT2D eigenvalue weighted by Gasteiger charge is -2.12. The molecule has 0 heterocycles. The summed E-state index contributed by atoms with van der Waals surface area (Å²) in [7, 11) is -3.72. The predicted molar refractivity (Wildman–Crippen MR) is 83.2 cm³/mol. The molecule has 2 rings (SSSR count). The molecule has 0 saturated carbocycles. The van der Waals surface area contributed by atoms with Crippen LogP contribution in [0.15, 0.2) is 41.3 Å². The Morgan fingerprint density at radius 3 is 2.30 bits per heavy atom. The summed E-state index contributed by atoms with van der Waals surface area (Å²) < 4.78 is 27.2. The van der Waals surface area contributed by atoms with E-state index in [1.54, 1.807) is 37.3 Å². The Kier molecular flexibility index (Phi) is 4.28. The molecule has 0 spiro atoms. The van der Waals surface area contributed by atoms with Gasteiger partial charge in [0, 0.05) is 5.02 Å². The molecule has 0 bridgehead atoms. The topological polar surface area (TPSA) is 46.2 Å². The van der Waals surface area contributed by atoms with Gasteiger partial charge in [0.1, 0.15) is 4.90 Å². The van der Waals surface area contributed by atoms with Gasteiger partial charge in [0.05, 0.1) is 10.7 Å². The summed E-state index contributed by atoms with van der Waals surface area (Å²) in [6.45, 7) is 3.62. The lowest BCUT2D eigenvalue weighted by molar-refractivity contribution is 0.601. The van der Waals surface area contributed by atoms with Gasteiger partial charge in [0.2, 0.25) is 0 Å². The number of anilines is 1. The molecule has 3 nitrogen and oxygen atoms in total. The Bertz CT molecular complexity index is 758. The van der Waals surface area contributed by atoms with E-state index >= 15 is 0 Å². The molecule has 0 aliphatic carbocycles. The lowest BCUT2D eigenvalue weighted by atomic mass is 10.2. The van der Waals surface area contributed by atoms with Gasteiger partial charge in [-0.05, 0) is 55.3 Å². The fraction of sp³-hybridized carbons (Fsp3) is 0.143. The molecule has 0 radical (unpaired) electrons. The highest BCUT2D eigenvalue weighted by atomic mass is 35.5. The molecule has 0 fully saturated rings. The van der Waals surface area contributed by atoms with Crippen molar-refractivity contribution in [2.75, 3.05) is 4.72 Å². The second-order valence-corrected chi connectivity index (χ2v) is 6.99. The first-order valence-corrected chi connectivity index (χ1v) is 8.08. The van der Waals surface area contributed by atoms with Gasteiger partial charge < -0.3 is 0 Å². The van der Waals surface area contributed by atoms with Gasteiger partial charge in [0.15, 0.2) is 0 Å². The van der Waals surface area contributed by atoms with Crippen LogP contribution in [0.5, 0.6) is 0 Å². The fourth-order valence-electron chi connectivity index (χ4n) is 1.77. The van der Waals surface area contributed by atoms with E-state index in [0.29, 0.717) is 10.7 Å². The van der Waals surface area contributed by atoms with Gasteiger partial charge in [0.25, 0.3) is 10.0 Å². The van der Waals surface area contributed by atoms with Crippen molar-refractivity contribution in [1.82, 2.24) is 0 Å². The van der Waals surface area contributed by atoms with E-state index in [-0.39, 0.29) is 9.92 Å². The van der Waals surface area contributed by atoms with Crippen molar-refractivity contribution in [3.8, 4) is 0 Å². The van der Waals surface area contributed by atoms with Crippen LogP contribution < -0.4 is 4.72 Å². The molecule has 6 heteroatoms. The first-order chi connectivity index (χ1) is 9.29. The van der Waals surface area contributed by atoms with Crippen molar-refractivity contribution in [2.24, 2.45) is 0 Å². The highest BCUT2D eigenvalue weighted by Crippen LogP contribution is 2.27. The van der Waals surface area contributed by atoms with E-state index in [4.69, 9.17) is 23.2 Å². The minimum Gasteiger partial charge on any atom is -0.279 e. The maximum Gasteiger partial charge on any atom is 0.263 e. The first kappa shape index (κ1) is 15.2. The van der Waals surface area contributed by atoms with E-state index in [1.165, 1.54) is 6.07 Å². The quantitative estimate of drug-likeness (QED) is 0.906. The molecular weight excluding hydrogens is 317 g/mol. The van der Waals surface area contributed by atoms with Crippen molar-refractivity contribution in [3.05, 3.63) is 57.6 Å². The molecule has 0 saturated heterocycles. The van der Waals surface area contributed by atoms with Crippen molar-refractivity contribution >= 4 is 38.9 Å². The maximum absolute atomic E-state index is 12.3. The van der Waals surface area contributed by atoms with Gasteiger partial charge in [-0.3, -0.25) is 4.72 Å². The first-order valence-electron chi connectivity index (χ1n) is 5.85. The summed E-state index contributed by atoms with van der Waals surface area (Å²) in [4.78, 5) is 0.0547. The van der Waals surface area contributed by atoms with E-state index < -0.39 is 10.0 Å². The van der Waals surface area contributed by atoms with Gasteiger partial charge >= 0.3 is 0 Å². The summed E-state index contributed by atoms with van der Waals surface area (Å²) in [6.07, 6.45) is 0. The largest absolute Gasteiger partial charge is 0.279 e. The standard InChI is InChI=1S/C14H13Cl2NO2S/c1-9-3-6-14(12(16)7-9)20(18,19)17-13-5-4-11(15)8-10(13)2/h3-8,17H,1-2H3. The van der Waals surface area contributed by atoms with Crippen LogP contribution in [0.2, 0.25) is 10.0 Å². The molecule has 106 valence electrons. The van der Waals surface area contributed by atoms with Crippen LogP contribution in [0.25, 0.3) is 0 Å². The van der Waals surface area contributed by atoms with Gasteiger partial charge in [-0.15, -0.1) is 0 Å². The average molecular weight is 330 g/mol. The molecule has 0 aromatic heterocycles. The third kappa shape index (κ3) is 3.26. The number of sulfonamides is 1. The highest BCUT2D eigenvalue weighted by molar-refractivity contribution is 7.92. The highest BCUT2D eigenvalue weighted by Gasteiger charge is 2.18. The zero-order valence-electron chi connectivity index (χ0n) is 10.9. The molecule has 0 aliphatic heterocycles. The Morgan fingerprint density at radius 1 is 1.00 bits per heavy atom. The SMILES string of the molecule is Cc1ccc(S(=O)(=O)Nc2ccc(Cl)cc2C)c(Cl)c1. The number of halogens is 2. The summed E-state index contributed by atoms with van der Waals surface area (Å²) >= 11 is 11.9. The lowest BCUT2D eigenvalue weighted by Crippen LogP contribution is -2.14. The van der Waals surface area contributed by atoms with Crippen LogP contribution in [0.1, 0.15) is 11.1 Å². The summed E-state index contributed by atoms with van der Waals surface area (Å²) in [6, 6.07) is 9.75. The molecule has 0 aliphatic rings. The number of hydrogen-bond donors (Lipinski definition) is 1. The van der Waals surface area contributed by atoms with Gasteiger partial charge in [-0.2, -0.15) is 0 Å². The number of rotatable bonds is 3. The minimum absolute atomic E-state index is 0.0547. The third-order valence-electron chi connectivity index (χ3n) is 2.81. The summed E-state index contributed by atoms with van der Waals surface area (Å²) in [5.74, 6) is 0. The molecule has 0 amide bonds. The molecule has 2 aromatic rings. The zero-order valence-corrected chi connectivity index (χ0v) is 13.3. The van der Waals surface area contributed by atoms with E-state index in [2.05, 4.69) is 4.72 Å². The van der Waals surface area contributed by atoms with Gasteiger partial charge in [-0.25, -0.2) is 8.42 Å². The van der Waals surface area contributed by atoms with E-state index in [9.17, 15) is 8.42 Å². The second kappa shape index (κ2) is 5.64. The minimum atomic E-state index is -3.72. The van der Waals surface area contributed by atoms with Crippen LogP contribution in [0, 0.1) is 13.8 Å². The monoisotopic (exact) mass is 329 g/mol. The van der Waals surface area contributed by atoms with Crippen molar-refractivity contribution in [1.29, 1.82) is 0 Å². The maximum atomic E-state index is 12.3. The average Bonchev–Trinajstić information content (AvgIpc) is 2.32. The Balaban J connectivity index is 2.41. The third-order valence-corrected chi connectivity index (χ3v) is 4.89. The fourth-order valence-corrected chi connectivity index (χ4v) is 3.72. The summed E-state index contributed by atoms with van der Waals surface area (Å²) in [5.41, 5.74) is 2.12. The molecule has 2 aromatic carbocycles. The van der Waals surface area contributed by atoms with Crippen LogP contribution in [-0.4, -0.2) is 8.42 Å². The van der Waals surface area contributed by atoms with Crippen LogP contribution in [0.3, 0.4) is 0 Å². The molecule has 1 N–H and O–H groups in total. The van der Waals surface area contributed by atoms with Crippen molar-refractivity contribution < 1.29 is 8.42 Å². The van der Waals surface area contributed by atoms with Crippen LogP contribution >= 0.6 is 23.2 Å². The van der Waals surface area contributed by atoms with Crippen molar-refractivity contribution in [3.63, 3.8) is 0 Å². The molecule has 20 heavy (non-hydrogen) atoms.